The number of halogens is 3. The number of guanidine groups is 1. The highest BCUT2D eigenvalue weighted by molar-refractivity contribution is 14.0. The van der Waals surface area contributed by atoms with Gasteiger partial charge in [-0.1, -0.05) is 12.1 Å². The van der Waals surface area contributed by atoms with Gasteiger partial charge in [0.15, 0.2) is 5.96 Å². The van der Waals surface area contributed by atoms with Crippen molar-refractivity contribution in [1.29, 1.82) is 0 Å². The van der Waals surface area contributed by atoms with Gasteiger partial charge >= 0.3 is 6.61 Å². The summed E-state index contributed by atoms with van der Waals surface area (Å²) in [7, 11) is 1.73. The van der Waals surface area contributed by atoms with Gasteiger partial charge in [-0.15, -0.1) is 24.0 Å². The predicted molar refractivity (Wildman–Crippen MR) is 109 cm³/mol. The van der Waals surface area contributed by atoms with Gasteiger partial charge in [0.1, 0.15) is 11.9 Å². The van der Waals surface area contributed by atoms with Crippen LogP contribution in [0.4, 0.5) is 8.78 Å². The van der Waals surface area contributed by atoms with E-state index in [4.69, 9.17) is 9.47 Å². The van der Waals surface area contributed by atoms with Crippen molar-refractivity contribution >= 4 is 29.9 Å². The molecule has 1 aromatic rings. The van der Waals surface area contributed by atoms with Crippen molar-refractivity contribution in [3.63, 3.8) is 0 Å². The number of nitrogens with zero attached hydrogens (tertiary/aromatic N) is 2. The first-order valence-electron chi connectivity index (χ1n) is 8.88. The summed E-state index contributed by atoms with van der Waals surface area (Å²) in [4.78, 5) is 6.49. The van der Waals surface area contributed by atoms with Crippen molar-refractivity contribution < 1.29 is 23.0 Å². The molecule has 9 heteroatoms. The normalized spacial score (nSPS) is 23.3. The minimum atomic E-state index is -2.82. The van der Waals surface area contributed by atoms with Crippen molar-refractivity contribution in [2.75, 3.05) is 33.4 Å². The molecule has 2 unspecified atom stereocenters. The van der Waals surface area contributed by atoms with Crippen molar-refractivity contribution in [1.82, 2.24) is 10.2 Å². The number of hydrogen-bond acceptors (Lipinski definition) is 4. The van der Waals surface area contributed by atoms with Crippen molar-refractivity contribution in [3.8, 4) is 5.75 Å². The van der Waals surface area contributed by atoms with Gasteiger partial charge in [-0.05, 0) is 30.5 Å². The number of ether oxygens (including phenoxy) is 3. The smallest absolute Gasteiger partial charge is 0.387 e. The first-order chi connectivity index (χ1) is 12.7. The van der Waals surface area contributed by atoms with Gasteiger partial charge in [-0.3, -0.25) is 4.99 Å². The summed E-state index contributed by atoms with van der Waals surface area (Å²) in [5.74, 6) is 0.913. The molecule has 2 heterocycles. The topological polar surface area (TPSA) is 55.3 Å². The van der Waals surface area contributed by atoms with E-state index < -0.39 is 6.61 Å². The molecule has 2 fully saturated rings. The van der Waals surface area contributed by atoms with Crippen LogP contribution < -0.4 is 10.1 Å². The maximum atomic E-state index is 12.3. The van der Waals surface area contributed by atoms with E-state index in [0.717, 1.165) is 44.1 Å². The molecule has 0 spiro atoms. The number of aliphatic imine (C=N–C) groups is 1. The largest absolute Gasteiger partial charge is 0.435 e. The fraction of sp³-hybridized carbons (Fsp3) is 0.611. The Morgan fingerprint density at radius 3 is 2.85 bits per heavy atom. The highest BCUT2D eigenvalue weighted by Crippen LogP contribution is 2.21. The molecule has 0 aliphatic carbocycles. The fourth-order valence-corrected chi connectivity index (χ4v) is 3.33. The summed E-state index contributed by atoms with van der Waals surface area (Å²) in [5, 5.41) is 3.28. The van der Waals surface area contributed by atoms with Gasteiger partial charge in [-0.2, -0.15) is 8.78 Å². The second-order valence-corrected chi connectivity index (χ2v) is 6.33. The van der Waals surface area contributed by atoms with E-state index in [0.29, 0.717) is 13.2 Å². The molecular formula is C18H26F2IN3O3. The zero-order chi connectivity index (χ0) is 18.4. The minimum Gasteiger partial charge on any atom is -0.435 e. The number of nitrogens with one attached hydrogen (secondary N) is 1. The van der Waals surface area contributed by atoms with Gasteiger partial charge in [0.25, 0.3) is 0 Å². The summed E-state index contributed by atoms with van der Waals surface area (Å²) in [5.41, 5.74) is 0.841. The average Bonchev–Trinajstić information content (AvgIpc) is 3.17. The molecule has 0 radical (unpaired) electrons. The van der Waals surface area contributed by atoms with Crippen LogP contribution in [0, 0.1) is 0 Å². The van der Waals surface area contributed by atoms with Crippen molar-refractivity contribution in [2.24, 2.45) is 4.99 Å². The summed E-state index contributed by atoms with van der Waals surface area (Å²) in [6, 6.07) is 6.66. The highest BCUT2D eigenvalue weighted by Gasteiger charge is 2.32. The molecule has 2 atom stereocenters. The molecule has 1 aromatic carbocycles. The van der Waals surface area contributed by atoms with Crippen molar-refractivity contribution in [3.05, 3.63) is 29.8 Å². The van der Waals surface area contributed by atoms with Gasteiger partial charge in [0.2, 0.25) is 0 Å². The molecule has 3 rings (SSSR count). The standard InChI is InChI=1S/C18H25F2N3O3.HI/c1-21-18(22-11-13-4-2-5-14(10-13)26-17(19)20)23-7-9-25-16(12-23)15-6-3-8-24-15;/h2,4-5,10,15-17H,3,6-9,11-12H2,1H3,(H,21,22);1H. The predicted octanol–water partition coefficient (Wildman–Crippen LogP) is 2.86. The summed E-state index contributed by atoms with van der Waals surface area (Å²) < 4.78 is 40.7. The lowest BCUT2D eigenvalue weighted by molar-refractivity contribution is -0.0817. The average molecular weight is 497 g/mol. The van der Waals surface area contributed by atoms with E-state index in [1.807, 2.05) is 6.07 Å². The minimum absolute atomic E-state index is 0. The van der Waals surface area contributed by atoms with Crippen LogP contribution in [0.5, 0.6) is 5.75 Å². The Balaban J connectivity index is 0.00000261. The maximum absolute atomic E-state index is 12.3. The van der Waals surface area contributed by atoms with Gasteiger partial charge < -0.3 is 24.4 Å². The Morgan fingerprint density at radius 2 is 2.15 bits per heavy atom. The summed E-state index contributed by atoms with van der Waals surface area (Å²) >= 11 is 0. The molecule has 0 bridgehead atoms. The van der Waals surface area contributed by atoms with Crippen LogP contribution in [0.3, 0.4) is 0 Å². The molecule has 0 saturated carbocycles. The Morgan fingerprint density at radius 1 is 1.33 bits per heavy atom. The zero-order valence-corrected chi connectivity index (χ0v) is 17.6. The molecular weight excluding hydrogens is 471 g/mol. The van der Waals surface area contributed by atoms with Crippen molar-refractivity contribution in [2.45, 2.75) is 38.2 Å². The molecule has 2 saturated heterocycles. The Kier molecular flexibility index (Phi) is 8.97. The van der Waals surface area contributed by atoms with E-state index >= 15 is 0 Å². The SMILES string of the molecule is CN=C(NCc1cccc(OC(F)F)c1)N1CCOC(C2CCCO2)C1.I. The monoisotopic (exact) mass is 497 g/mol. The van der Waals surface area contributed by atoms with E-state index in [1.54, 1.807) is 19.2 Å². The van der Waals surface area contributed by atoms with Crippen LogP contribution >= 0.6 is 24.0 Å². The molecule has 27 heavy (non-hydrogen) atoms. The summed E-state index contributed by atoms with van der Waals surface area (Å²) in [6.07, 6.45) is 2.31. The van der Waals surface area contributed by atoms with Crippen LogP contribution in [0.2, 0.25) is 0 Å². The van der Waals surface area contributed by atoms with Gasteiger partial charge in [0, 0.05) is 33.3 Å². The van der Waals surface area contributed by atoms with E-state index in [9.17, 15) is 8.78 Å². The third-order valence-corrected chi connectivity index (χ3v) is 4.56. The molecule has 2 aliphatic rings. The van der Waals surface area contributed by atoms with Crippen LogP contribution in [0.25, 0.3) is 0 Å². The number of rotatable bonds is 5. The Hall–Kier alpha value is -1.20. The number of alkyl halides is 2. The third kappa shape index (κ3) is 6.42. The molecule has 2 aliphatic heterocycles. The Bertz CT molecular complexity index is 615. The first-order valence-corrected chi connectivity index (χ1v) is 8.88. The number of benzene rings is 1. The molecule has 1 N–H and O–H groups in total. The van der Waals surface area contributed by atoms with E-state index in [1.165, 1.54) is 6.07 Å². The highest BCUT2D eigenvalue weighted by atomic mass is 127. The van der Waals surface area contributed by atoms with Crippen LogP contribution in [-0.4, -0.2) is 63.0 Å². The summed E-state index contributed by atoms with van der Waals surface area (Å²) in [6.45, 7) is 0.539. The van der Waals surface area contributed by atoms with Crippen LogP contribution in [-0.2, 0) is 16.0 Å². The van der Waals surface area contributed by atoms with E-state index in [2.05, 4.69) is 19.9 Å². The number of hydrogen-bond donors (Lipinski definition) is 1. The lowest BCUT2D eigenvalue weighted by atomic mass is 10.1. The second-order valence-electron chi connectivity index (χ2n) is 6.33. The van der Waals surface area contributed by atoms with E-state index in [-0.39, 0.29) is 41.9 Å². The third-order valence-electron chi connectivity index (χ3n) is 4.56. The zero-order valence-electron chi connectivity index (χ0n) is 15.3. The Labute approximate surface area is 175 Å². The molecule has 6 nitrogen and oxygen atoms in total. The fourth-order valence-electron chi connectivity index (χ4n) is 3.33. The lowest BCUT2D eigenvalue weighted by Gasteiger charge is -2.37. The lowest BCUT2D eigenvalue weighted by Crippen LogP contribution is -2.53. The maximum Gasteiger partial charge on any atom is 0.387 e. The molecule has 0 amide bonds. The first kappa shape index (κ1) is 22.1. The van der Waals surface area contributed by atoms with Crippen LogP contribution in [0.15, 0.2) is 29.3 Å². The number of morpholine rings is 1. The second kappa shape index (κ2) is 11.0. The van der Waals surface area contributed by atoms with Gasteiger partial charge in [0.05, 0.1) is 12.7 Å². The molecule has 0 aromatic heterocycles. The van der Waals surface area contributed by atoms with Gasteiger partial charge in [-0.25, -0.2) is 0 Å². The van der Waals surface area contributed by atoms with Crippen LogP contribution in [0.1, 0.15) is 18.4 Å². The molecule has 152 valence electrons. The quantitative estimate of drug-likeness (QED) is 0.386.